The molecule has 13 heteroatoms. The van der Waals surface area contributed by atoms with E-state index in [9.17, 15) is 14.4 Å². The smallest absolute Gasteiger partial charge is 0.410 e. The van der Waals surface area contributed by atoms with Gasteiger partial charge in [-0.25, -0.2) is 14.6 Å². The molecule has 3 N–H and O–H groups in total. The molecule has 3 amide bonds. The second-order valence-corrected chi connectivity index (χ2v) is 15.1. The summed E-state index contributed by atoms with van der Waals surface area (Å²) >= 11 is 0. The van der Waals surface area contributed by atoms with Gasteiger partial charge in [0, 0.05) is 18.3 Å². The van der Waals surface area contributed by atoms with Crippen molar-refractivity contribution < 1.29 is 23.9 Å². The first-order valence-corrected chi connectivity index (χ1v) is 17.2. The summed E-state index contributed by atoms with van der Waals surface area (Å²) in [5.41, 5.74) is 3.66. The zero-order valence-corrected chi connectivity index (χ0v) is 33.8. The van der Waals surface area contributed by atoms with Crippen LogP contribution in [0.1, 0.15) is 85.5 Å². The fourth-order valence-electron chi connectivity index (χ4n) is 6.73. The van der Waals surface area contributed by atoms with Crippen molar-refractivity contribution in [2.45, 2.75) is 96.9 Å². The maximum atomic E-state index is 13.2. The van der Waals surface area contributed by atoms with Crippen LogP contribution in [0.2, 0.25) is 0 Å². The standard InChI is InChI=1S/C39H47N5O5.3H2S/c1-38(2,3)48-36(46)43-31-10-7-9-30(31)35(45)41-29-19-18-27-21-26(16-17-28(27)22-29)24-12-14-25(15-13-24)32-23-40-34(42-32)33-11-8-20-44(33)37(47)49-39(4,5)6;;;/h12-19,21-23,30-31,33H,7-11,20H2,1-6H3,(H,40,42)(H,41,45)(H,43,46);3*1H2/t30-,31-,33-;;;/m0.../s1. The predicted octanol–water partition coefficient (Wildman–Crippen LogP) is 8.94. The molecule has 1 aliphatic carbocycles. The molecule has 1 saturated carbocycles. The summed E-state index contributed by atoms with van der Waals surface area (Å²) in [5.74, 6) is 0.368. The molecule has 3 atom stereocenters. The van der Waals surface area contributed by atoms with Gasteiger partial charge in [-0.1, -0.05) is 48.9 Å². The Morgan fingerprint density at radius 1 is 0.769 bits per heavy atom. The number of ether oxygens (including phenoxy) is 2. The van der Waals surface area contributed by atoms with Crippen LogP contribution in [0.3, 0.4) is 0 Å². The number of carbonyl (C=O) groups excluding carboxylic acids is 3. The molecule has 4 aromatic rings. The van der Waals surface area contributed by atoms with Crippen LogP contribution >= 0.6 is 40.5 Å². The van der Waals surface area contributed by atoms with E-state index < -0.39 is 17.3 Å². The van der Waals surface area contributed by atoms with Crippen molar-refractivity contribution in [3.63, 3.8) is 0 Å². The van der Waals surface area contributed by atoms with Crippen LogP contribution in [-0.4, -0.2) is 56.8 Å². The van der Waals surface area contributed by atoms with Gasteiger partial charge in [0.15, 0.2) is 0 Å². The number of amides is 3. The van der Waals surface area contributed by atoms with Gasteiger partial charge in [-0.15, -0.1) is 0 Å². The zero-order valence-electron chi connectivity index (χ0n) is 30.8. The molecule has 6 rings (SSSR count). The molecule has 0 spiro atoms. The average Bonchev–Trinajstić information content (AvgIpc) is 3.80. The average molecular weight is 768 g/mol. The maximum absolute atomic E-state index is 13.2. The molecule has 1 saturated heterocycles. The SMILES string of the molecule is CC(C)(C)OC(=O)N[C@H]1CCC[C@@H]1C(=O)Nc1ccc2cc(-c3ccc(-c4cnc([C@@H]5CCCN5C(=O)OC(C)(C)C)[nH]4)cc3)ccc2c1.S.S.S. The lowest BCUT2D eigenvalue weighted by atomic mass is 9.99. The van der Waals surface area contributed by atoms with Gasteiger partial charge in [-0.3, -0.25) is 9.69 Å². The van der Waals surface area contributed by atoms with E-state index in [0.717, 1.165) is 76.8 Å². The molecular weight excluding hydrogens is 715 g/mol. The van der Waals surface area contributed by atoms with Gasteiger partial charge in [-0.2, -0.15) is 40.5 Å². The number of H-pyrrole nitrogens is 1. The molecule has 2 fully saturated rings. The second kappa shape index (κ2) is 17.3. The first-order valence-electron chi connectivity index (χ1n) is 17.2. The van der Waals surface area contributed by atoms with Gasteiger partial charge in [-0.05, 0) is 113 Å². The van der Waals surface area contributed by atoms with Crippen LogP contribution < -0.4 is 10.6 Å². The molecule has 0 bridgehead atoms. The van der Waals surface area contributed by atoms with Crippen molar-refractivity contribution in [1.29, 1.82) is 0 Å². The number of anilines is 1. The zero-order chi connectivity index (χ0) is 34.9. The maximum Gasteiger partial charge on any atom is 0.410 e. The highest BCUT2D eigenvalue weighted by Crippen LogP contribution is 2.34. The number of nitrogens with zero attached hydrogens (tertiary/aromatic N) is 2. The van der Waals surface area contributed by atoms with Crippen LogP contribution in [0.15, 0.2) is 66.9 Å². The van der Waals surface area contributed by atoms with E-state index in [1.807, 2.05) is 65.9 Å². The van der Waals surface area contributed by atoms with Crippen LogP contribution in [0, 0.1) is 5.92 Å². The van der Waals surface area contributed by atoms with E-state index in [2.05, 4.69) is 63.1 Å². The number of carbonyl (C=O) groups is 3. The minimum absolute atomic E-state index is 0. The minimum atomic E-state index is -0.593. The van der Waals surface area contributed by atoms with Crippen molar-refractivity contribution in [2.24, 2.45) is 5.92 Å². The highest BCUT2D eigenvalue weighted by Gasteiger charge is 2.36. The van der Waals surface area contributed by atoms with Crippen LogP contribution in [0.5, 0.6) is 0 Å². The number of hydrogen-bond acceptors (Lipinski definition) is 6. The first-order chi connectivity index (χ1) is 23.2. The number of rotatable bonds is 6. The lowest BCUT2D eigenvalue weighted by Crippen LogP contribution is -2.44. The Hall–Kier alpha value is -3.81. The molecule has 52 heavy (non-hydrogen) atoms. The quantitative estimate of drug-likeness (QED) is 0.180. The van der Waals surface area contributed by atoms with Gasteiger partial charge in [0.2, 0.25) is 5.91 Å². The normalized spacial score (nSPS) is 18.4. The van der Waals surface area contributed by atoms with E-state index in [0.29, 0.717) is 6.54 Å². The van der Waals surface area contributed by atoms with E-state index in [4.69, 9.17) is 9.47 Å². The van der Waals surface area contributed by atoms with Gasteiger partial charge in [0.25, 0.3) is 0 Å². The Morgan fingerprint density at radius 3 is 2.10 bits per heavy atom. The van der Waals surface area contributed by atoms with Crippen molar-refractivity contribution in [3.05, 3.63) is 72.7 Å². The molecule has 0 unspecified atom stereocenters. The number of aromatic nitrogens is 2. The molecule has 1 aliphatic heterocycles. The minimum Gasteiger partial charge on any atom is -0.444 e. The van der Waals surface area contributed by atoms with Crippen LogP contribution in [0.4, 0.5) is 15.3 Å². The first kappa shape index (κ1) is 42.6. The molecule has 2 heterocycles. The predicted molar refractivity (Wildman–Crippen MR) is 222 cm³/mol. The van der Waals surface area contributed by atoms with Gasteiger partial charge >= 0.3 is 12.2 Å². The summed E-state index contributed by atoms with van der Waals surface area (Å²) in [7, 11) is 0. The van der Waals surface area contributed by atoms with Crippen molar-refractivity contribution in [1.82, 2.24) is 20.2 Å². The number of likely N-dealkylation sites (tertiary alicyclic amines) is 1. The third kappa shape index (κ3) is 10.4. The van der Waals surface area contributed by atoms with E-state index >= 15 is 0 Å². The monoisotopic (exact) mass is 767 g/mol. The summed E-state index contributed by atoms with van der Waals surface area (Å²) in [6, 6.07) is 20.2. The lowest BCUT2D eigenvalue weighted by molar-refractivity contribution is -0.120. The van der Waals surface area contributed by atoms with Gasteiger partial charge in [0.1, 0.15) is 17.0 Å². The highest BCUT2D eigenvalue weighted by molar-refractivity contribution is 7.59. The Kier molecular flexibility index (Phi) is 14.2. The molecule has 282 valence electrons. The van der Waals surface area contributed by atoms with Crippen LogP contribution in [0.25, 0.3) is 33.2 Å². The summed E-state index contributed by atoms with van der Waals surface area (Å²) in [4.78, 5) is 48.2. The summed E-state index contributed by atoms with van der Waals surface area (Å²) < 4.78 is 11.0. The third-order valence-electron chi connectivity index (χ3n) is 8.98. The lowest BCUT2D eigenvalue weighted by Gasteiger charge is -2.27. The molecule has 2 aliphatic rings. The topological polar surface area (TPSA) is 126 Å². The van der Waals surface area contributed by atoms with E-state index in [1.165, 1.54) is 0 Å². The third-order valence-corrected chi connectivity index (χ3v) is 8.98. The molecule has 3 aromatic carbocycles. The Bertz CT molecular complexity index is 1850. The largest absolute Gasteiger partial charge is 0.444 e. The van der Waals surface area contributed by atoms with E-state index in [-0.39, 0.29) is 70.5 Å². The summed E-state index contributed by atoms with van der Waals surface area (Å²) in [6.07, 6.45) is 5.12. The number of alkyl carbamates (subject to hydrolysis) is 1. The second-order valence-electron chi connectivity index (χ2n) is 15.1. The fraction of sp³-hybridized carbons (Fsp3) is 0.436. The number of nitrogens with one attached hydrogen (secondary N) is 3. The van der Waals surface area contributed by atoms with E-state index in [1.54, 1.807) is 4.90 Å². The summed E-state index contributed by atoms with van der Waals surface area (Å²) in [6.45, 7) is 11.8. The number of hydrogen-bond donors (Lipinski definition) is 3. The van der Waals surface area contributed by atoms with Crippen molar-refractivity contribution in [2.75, 3.05) is 11.9 Å². The number of fused-ring (bicyclic) bond motifs is 1. The van der Waals surface area contributed by atoms with Gasteiger partial charge < -0.3 is 25.1 Å². The van der Waals surface area contributed by atoms with Crippen molar-refractivity contribution >= 4 is 75.0 Å². The molecular formula is C39H53N5O5S3. The summed E-state index contributed by atoms with van der Waals surface area (Å²) in [5, 5.41) is 8.05. The molecule has 1 aromatic heterocycles. The van der Waals surface area contributed by atoms with Crippen LogP contribution in [-0.2, 0) is 14.3 Å². The fourth-order valence-corrected chi connectivity index (χ4v) is 6.73. The van der Waals surface area contributed by atoms with Gasteiger partial charge in [0.05, 0.1) is 23.9 Å². The Morgan fingerprint density at radius 2 is 1.40 bits per heavy atom. The molecule has 10 nitrogen and oxygen atoms in total. The Balaban J connectivity index is 0.00000243. The number of benzene rings is 3. The molecule has 0 radical (unpaired) electrons. The van der Waals surface area contributed by atoms with Crippen molar-refractivity contribution in [3.8, 4) is 22.4 Å². The Labute approximate surface area is 327 Å². The number of aromatic amines is 1. The number of imidazole rings is 1. The highest BCUT2D eigenvalue weighted by atomic mass is 32.1.